The quantitative estimate of drug-likeness (QED) is 0.875. The SMILES string of the molecule is CC(=O)c1c(F)cccc1N1CCC(C(O)c2nccn2C)CC1. The third-order valence-electron chi connectivity index (χ3n) is 4.79. The Morgan fingerprint density at radius 1 is 1.38 bits per heavy atom. The fourth-order valence-electron chi connectivity index (χ4n) is 3.45. The van der Waals surface area contributed by atoms with E-state index < -0.39 is 11.9 Å². The summed E-state index contributed by atoms with van der Waals surface area (Å²) in [4.78, 5) is 18.0. The first-order valence-corrected chi connectivity index (χ1v) is 8.18. The van der Waals surface area contributed by atoms with Gasteiger partial charge in [-0.1, -0.05) is 6.07 Å². The normalized spacial score (nSPS) is 17.1. The number of piperidine rings is 1. The van der Waals surface area contributed by atoms with Crippen LogP contribution in [-0.4, -0.2) is 33.5 Å². The molecule has 5 nitrogen and oxygen atoms in total. The van der Waals surface area contributed by atoms with E-state index in [9.17, 15) is 14.3 Å². The molecule has 1 unspecified atom stereocenters. The number of aromatic nitrogens is 2. The first-order valence-electron chi connectivity index (χ1n) is 8.18. The average molecular weight is 331 g/mol. The van der Waals surface area contributed by atoms with Crippen LogP contribution in [0.25, 0.3) is 0 Å². The number of anilines is 1. The highest BCUT2D eigenvalue weighted by Gasteiger charge is 2.29. The van der Waals surface area contributed by atoms with Crippen LogP contribution >= 0.6 is 0 Å². The summed E-state index contributed by atoms with van der Waals surface area (Å²) in [6.45, 7) is 2.74. The highest BCUT2D eigenvalue weighted by atomic mass is 19.1. The number of aliphatic hydroxyl groups excluding tert-OH is 1. The average Bonchev–Trinajstić information content (AvgIpc) is 3.00. The Kier molecular flexibility index (Phi) is 4.66. The molecule has 0 amide bonds. The maximum absolute atomic E-state index is 14.0. The van der Waals surface area contributed by atoms with Crippen molar-refractivity contribution < 1.29 is 14.3 Å². The van der Waals surface area contributed by atoms with Gasteiger partial charge in [-0.05, 0) is 37.8 Å². The van der Waals surface area contributed by atoms with E-state index >= 15 is 0 Å². The minimum atomic E-state index is -0.605. The summed E-state index contributed by atoms with van der Waals surface area (Å²) in [5.41, 5.74) is 0.799. The predicted molar refractivity (Wildman–Crippen MR) is 89.5 cm³/mol. The van der Waals surface area contributed by atoms with Crippen molar-refractivity contribution in [1.29, 1.82) is 0 Å². The zero-order valence-corrected chi connectivity index (χ0v) is 13.9. The molecule has 0 aliphatic carbocycles. The highest BCUT2D eigenvalue weighted by molar-refractivity contribution is 6.00. The maximum Gasteiger partial charge on any atom is 0.164 e. The number of benzene rings is 1. The minimum absolute atomic E-state index is 0.108. The zero-order valence-electron chi connectivity index (χ0n) is 13.9. The molecule has 1 aromatic carbocycles. The van der Waals surface area contributed by atoms with Crippen LogP contribution in [-0.2, 0) is 7.05 Å². The fourth-order valence-corrected chi connectivity index (χ4v) is 3.45. The monoisotopic (exact) mass is 331 g/mol. The van der Waals surface area contributed by atoms with E-state index in [1.807, 2.05) is 22.7 Å². The molecular formula is C18H22FN3O2. The molecule has 1 fully saturated rings. The van der Waals surface area contributed by atoms with Gasteiger partial charge in [0.1, 0.15) is 17.7 Å². The Morgan fingerprint density at radius 2 is 2.08 bits per heavy atom. The number of carbonyl (C=O) groups excluding carboxylic acids is 1. The molecule has 2 heterocycles. The first kappa shape index (κ1) is 16.6. The zero-order chi connectivity index (χ0) is 17.3. The fraction of sp³-hybridized carbons (Fsp3) is 0.444. The number of aryl methyl sites for hydroxylation is 1. The Labute approximate surface area is 140 Å². The van der Waals surface area contributed by atoms with Crippen molar-refractivity contribution in [3.63, 3.8) is 0 Å². The van der Waals surface area contributed by atoms with E-state index in [1.165, 1.54) is 13.0 Å². The lowest BCUT2D eigenvalue weighted by atomic mass is 9.90. The smallest absolute Gasteiger partial charge is 0.164 e. The molecule has 128 valence electrons. The highest BCUT2D eigenvalue weighted by Crippen LogP contribution is 2.33. The molecule has 3 rings (SSSR count). The summed E-state index contributed by atoms with van der Waals surface area (Å²) >= 11 is 0. The summed E-state index contributed by atoms with van der Waals surface area (Å²) < 4.78 is 15.8. The van der Waals surface area contributed by atoms with Gasteiger partial charge in [0.15, 0.2) is 5.78 Å². The molecule has 1 aromatic heterocycles. The van der Waals surface area contributed by atoms with Gasteiger partial charge in [-0.25, -0.2) is 9.37 Å². The maximum atomic E-state index is 14.0. The second-order valence-corrected chi connectivity index (χ2v) is 6.36. The van der Waals surface area contributed by atoms with Crippen LogP contribution in [0.15, 0.2) is 30.6 Å². The number of ketones is 1. The van der Waals surface area contributed by atoms with Gasteiger partial charge in [0.25, 0.3) is 0 Å². The Balaban J connectivity index is 1.73. The lowest BCUT2D eigenvalue weighted by molar-refractivity contribution is 0.0824. The second kappa shape index (κ2) is 6.73. The van der Waals surface area contributed by atoms with Crippen LogP contribution in [0.5, 0.6) is 0 Å². The van der Waals surface area contributed by atoms with Crippen LogP contribution < -0.4 is 4.90 Å². The molecular weight excluding hydrogens is 309 g/mol. The van der Waals surface area contributed by atoms with Gasteiger partial charge in [0.2, 0.25) is 0 Å². The van der Waals surface area contributed by atoms with Crippen molar-refractivity contribution in [2.24, 2.45) is 13.0 Å². The molecule has 0 radical (unpaired) electrons. The molecule has 2 aromatic rings. The van der Waals surface area contributed by atoms with Crippen LogP contribution in [0.3, 0.4) is 0 Å². The third-order valence-corrected chi connectivity index (χ3v) is 4.79. The van der Waals surface area contributed by atoms with Crippen LogP contribution in [0.4, 0.5) is 10.1 Å². The summed E-state index contributed by atoms with van der Waals surface area (Å²) in [6, 6.07) is 4.74. The summed E-state index contributed by atoms with van der Waals surface area (Å²) in [5, 5.41) is 10.5. The lowest BCUT2D eigenvalue weighted by Crippen LogP contribution is -2.37. The van der Waals surface area contributed by atoms with Gasteiger partial charge in [-0.15, -0.1) is 0 Å². The Hall–Kier alpha value is -2.21. The molecule has 1 aliphatic rings. The number of halogens is 1. The number of hydrogen-bond donors (Lipinski definition) is 1. The molecule has 0 spiro atoms. The van der Waals surface area contributed by atoms with Gasteiger partial charge in [0, 0.05) is 32.5 Å². The van der Waals surface area contributed by atoms with Crippen LogP contribution in [0.1, 0.15) is 42.1 Å². The van der Waals surface area contributed by atoms with Gasteiger partial charge in [-0.3, -0.25) is 4.79 Å². The predicted octanol–water partition coefficient (Wildman–Crippen LogP) is 2.71. The van der Waals surface area contributed by atoms with E-state index in [0.29, 0.717) is 24.6 Å². The summed E-state index contributed by atoms with van der Waals surface area (Å²) in [7, 11) is 1.87. The number of rotatable bonds is 4. The molecule has 1 atom stereocenters. The molecule has 6 heteroatoms. The number of hydrogen-bond acceptors (Lipinski definition) is 4. The third kappa shape index (κ3) is 3.06. The Morgan fingerprint density at radius 3 is 2.67 bits per heavy atom. The summed E-state index contributed by atoms with van der Waals surface area (Å²) in [5.74, 6) is 0.0359. The number of nitrogens with zero attached hydrogens (tertiary/aromatic N) is 3. The Bertz CT molecular complexity index is 736. The summed E-state index contributed by atoms with van der Waals surface area (Å²) in [6.07, 6.45) is 4.43. The number of Topliss-reactive ketones (excluding diaryl/α,β-unsaturated/α-hetero) is 1. The van der Waals surface area contributed by atoms with Crippen LogP contribution in [0.2, 0.25) is 0 Å². The minimum Gasteiger partial charge on any atom is -0.385 e. The first-order chi connectivity index (χ1) is 11.5. The molecule has 0 bridgehead atoms. The molecule has 0 saturated carbocycles. The van der Waals surface area contributed by atoms with E-state index in [1.54, 1.807) is 18.3 Å². The van der Waals surface area contributed by atoms with E-state index in [-0.39, 0.29) is 17.3 Å². The van der Waals surface area contributed by atoms with Crippen LogP contribution in [0, 0.1) is 11.7 Å². The van der Waals surface area contributed by atoms with Crippen molar-refractivity contribution >= 4 is 11.5 Å². The molecule has 1 saturated heterocycles. The van der Waals surface area contributed by atoms with E-state index in [4.69, 9.17) is 0 Å². The number of carbonyl (C=O) groups is 1. The molecule has 24 heavy (non-hydrogen) atoms. The van der Waals surface area contributed by atoms with Gasteiger partial charge in [0.05, 0.1) is 11.3 Å². The van der Waals surface area contributed by atoms with Gasteiger partial charge < -0.3 is 14.6 Å². The van der Waals surface area contributed by atoms with Crippen molar-refractivity contribution in [1.82, 2.24) is 9.55 Å². The van der Waals surface area contributed by atoms with Crippen molar-refractivity contribution in [3.8, 4) is 0 Å². The van der Waals surface area contributed by atoms with Crippen molar-refractivity contribution in [2.75, 3.05) is 18.0 Å². The standard InChI is InChI=1S/C18H22FN3O2/c1-12(23)16-14(19)4-3-5-15(16)22-9-6-13(7-10-22)17(24)18-20-8-11-21(18)2/h3-5,8,11,13,17,24H,6-7,9-10H2,1-2H3. The van der Waals surface area contributed by atoms with Crippen molar-refractivity contribution in [3.05, 3.63) is 47.8 Å². The van der Waals surface area contributed by atoms with E-state index in [0.717, 1.165) is 12.8 Å². The lowest BCUT2D eigenvalue weighted by Gasteiger charge is -2.36. The van der Waals surface area contributed by atoms with Gasteiger partial charge >= 0.3 is 0 Å². The molecule has 1 aliphatic heterocycles. The molecule has 1 N–H and O–H groups in total. The number of aliphatic hydroxyl groups is 1. The topological polar surface area (TPSA) is 58.4 Å². The second-order valence-electron chi connectivity index (χ2n) is 6.36. The number of imidazole rings is 1. The van der Waals surface area contributed by atoms with Gasteiger partial charge in [-0.2, -0.15) is 0 Å². The van der Waals surface area contributed by atoms with E-state index in [2.05, 4.69) is 4.98 Å². The van der Waals surface area contributed by atoms with Crippen molar-refractivity contribution in [2.45, 2.75) is 25.9 Å². The largest absolute Gasteiger partial charge is 0.385 e.